The number of benzene rings is 1. The lowest BCUT2D eigenvalue weighted by Gasteiger charge is -2.08. The number of nitrogens with zero attached hydrogens (tertiary/aromatic N) is 1. The van der Waals surface area contributed by atoms with Crippen LogP contribution in [0.15, 0.2) is 29.0 Å². The number of hydrogen-bond acceptors (Lipinski definition) is 5. The zero-order chi connectivity index (χ0) is 12.3. The molecule has 17 heavy (non-hydrogen) atoms. The largest absolute Gasteiger partial charge is 0.493 e. The lowest BCUT2D eigenvalue weighted by atomic mass is 10.1. The highest BCUT2D eigenvalue weighted by Gasteiger charge is 2.12. The number of ether oxygens (including phenoxy) is 2. The van der Waals surface area contributed by atoms with Crippen molar-refractivity contribution in [3.05, 3.63) is 30.4 Å². The van der Waals surface area contributed by atoms with Gasteiger partial charge in [-0.25, -0.2) is 4.98 Å². The fourth-order valence-corrected chi connectivity index (χ4v) is 1.54. The number of aromatic nitrogens is 1. The molecule has 0 unspecified atom stereocenters. The van der Waals surface area contributed by atoms with Crippen molar-refractivity contribution in [3.63, 3.8) is 0 Å². The summed E-state index contributed by atoms with van der Waals surface area (Å²) in [4.78, 5) is 14.7. The van der Waals surface area contributed by atoms with Gasteiger partial charge in [0.15, 0.2) is 29.9 Å². The van der Waals surface area contributed by atoms with E-state index in [2.05, 4.69) is 4.98 Å². The van der Waals surface area contributed by atoms with E-state index in [0.29, 0.717) is 23.5 Å². The molecule has 0 fully saturated rings. The number of hydrogen-bond donors (Lipinski definition) is 0. The SMILES string of the molecule is COc1ccc(-c2ncoc2C=O)cc1OC. The molecule has 5 nitrogen and oxygen atoms in total. The average molecular weight is 233 g/mol. The number of aldehydes is 1. The molecule has 5 heteroatoms. The highest BCUT2D eigenvalue weighted by atomic mass is 16.5. The van der Waals surface area contributed by atoms with Crippen LogP contribution in [0.5, 0.6) is 11.5 Å². The Labute approximate surface area is 98.0 Å². The summed E-state index contributed by atoms with van der Waals surface area (Å²) in [6, 6.07) is 5.27. The van der Waals surface area contributed by atoms with Gasteiger partial charge in [-0.15, -0.1) is 0 Å². The Bertz CT molecular complexity index is 533. The van der Waals surface area contributed by atoms with Gasteiger partial charge in [0.1, 0.15) is 5.69 Å². The molecule has 0 saturated heterocycles. The number of oxazole rings is 1. The van der Waals surface area contributed by atoms with Crippen molar-refractivity contribution < 1.29 is 18.7 Å². The number of carbonyl (C=O) groups is 1. The van der Waals surface area contributed by atoms with Crippen LogP contribution >= 0.6 is 0 Å². The second-order valence-corrected chi connectivity index (χ2v) is 3.25. The fourth-order valence-electron chi connectivity index (χ4n) is 1.54. The third kappa shape index (κ3) is 1.99. The van der Waals surface area contributed by atoms with Gasteiger partial charge in [-0.1, -0.05) is 0 Å². The van der Waals surface area contributed by atoms with Crippen LogP contribution in [0.3, 0.4) is 0 Å². The lowest BCUT2D eigenvalue weighted by Crippen LogP contribution is -1.91. The Morgan fingerprint density at radius 2 is 2.00 bits per heavy atom. The maximum absolute atomic E-state index is 10.7. The summed E-state index contributed by atoms with van der Waals surface area (Å²) < 4.78 is 15.3. The van der Waals surface area contributed by atoms with Crippen LogP contribution in [0, 0.1) is 0 Å². The Hall–Kier alpha value is -2.30. The normalized spacial score (nSPS) is 10.0. The van der Waals surface area contributed by atoms with Crippen molar-refractivity contribution in [1.29, 1.82) is 0 Å². The highest BCUT2D eigenvalue weighted by molar-refractivity contribution is 5.82. The van der Waals surface area contributed by atoms with Crippen LogP contribution in [-0.4, -0.2) is 25.5 Å². The Morgan fingerprint density at radius 1 is 1.24 bits per heavy atom. The second-order valence-electron chi connectivity index (χ2n) is 3.25. The van der Waals surface area contributed by atoms with E-state index < -0.39 is 0 Å². The topological polar surface area (TPSA) is 61.6 Å². The molecule has 0 aliphatic heterocycles. The molecule has 1 aromatic carbocycles. The first-order valence-corrected chi connectivity index (χ1v) is 4.91. The van der Waals surface area contributed by atoms with Crippen molar-refractivity contribution >= 4 is 6.29 Å². The summed E-state index contributed by atoms with van der Waals surface area (Å²) in [6.07, 6.45) is 1.86. The third-order valence-corrected chi connectivity index (χ3v) is 2.36. The van der Waals surface area contributed by atoms with E-state index in [-0.39, 0.29) is 5.76 Å². The van der Waals surface area contributed by atoms with Crippen LogP contribution in [0.2, 0.25) is 0 Å². The minimum Gasteiger partial charge on any atom is -0.493 e. The van der Waals surface area contributed by atoms with Gasteiger partial charge in [0.05, 0.1) is 14.2 Å². The number of methoxy groups -OCH3 is 2. The van der Waals surface area contributed by atoms with Crippen LogP contribution in [0.25, 0.3) is 11.3 Å². The Kier molecular flexibility index (Phi) is 3.09. The van der Waals surface area contributed by atoms with Gasteiger partial charge in [-0.3, -0.25) is 4.79 Å². The van der Waals surface area contributed by atoms with Gasteiger partial charge in [0, 0.05) is 5.56 Å². The molecule has 1 heterocycles. The third-order valence-electron chi connectivity index (χ3n) is 2.36. The van der Waals surface area contributed by atoms with Crippen LogP contribution in [0.4, 0.5) is 0 Å². The minimum atomic E-state index is 0.192. The van der Waals surface area contributed by atoms with E-state index in [1.54, 1.807) is 32.4 Å². The first-order valence-electron chi connectivity index (χ1n) is 4.91. The van der Waals surface area contributed by atoms with Crippen LogP contribution in [-0.2, 0) is 0 Å². The minimum absolute atomic E-state index is 0.192. The van der Waals surface area contributed by atoms with E-state index in [1.165, 1.54) is 6.39 Å². The van der Waals surface area contributed by atoms with Gasteiger partial charge in [-0.05, 0) is 18.2 Å². The number of rotatable bonds is 4. The predicted molar refractivity (Wildman–Crippen MR) is 60.4 cm³/mol. The fraction of sp³-hybridized carbons (Fsp3) is 0.167. The van der Waals surface area contributed by atoms with Gasteiger partial charge in [-0.2, -0.15) is 0 Å². The molecule has 0 atom stereocenters. The predicted octanol–water partition coefficient (Wildman–Crippen LogP) is 2.17. The second kappa shape index (κ2) is 4.69. The van der Waals surface area contributed by atoms with Gasteiger partial charge >= 0.3 is 0 Å². The molecule has 88 valence electrons. The first kappa shape index (κ1) is 11.2. The quantitative estimate of drug-likeness (QED) is 0.757. The smallest absolute Gasteiger partial charge is 0.194 e. The summed E-state index contributed by atoms with van der Waals surface area (Å²) >= 11 is 0. The lowest BCUT2D eigenvalue weighted by molar-refractivity contribution is 0.110. The molecule has 0 aliphatic carbocycles. The number of carbonyl (C=O) groups excluding carboxylic acids is 1. The average Bonchev–Trinajstić information content (AvgIpc) is 2.86. The van der Waals surface area contributed by atoms with Gasteiger partial charge in [0.25, 0.3) is 0 Å². The molecule has 0 radical (unpaired) electrons. The summed E-state index contributed by atoms with van der Waals surface area (Å²) in [5.74, 6) is 1.38. The van der Waals surface area contributed by atoms with Crippen molar-refractivity contribution in [2.45, 2.75) is 0 Å². The molecule has 0 aliphatic rings. The first-order chi connectivity index (χ1) is 8.30. The summed E-state index contributed by atoms with van der Waals surface area (Å²) in [5, 5.41) is 0. The summed E-state index contributed by atoms with van der Waals surface area (Å²) in [7, 11) is 3.11. The van der Waals surface area contributed by atoms with Crippen LogP contribution in [0.1, 0.15) is 10.6 Å². The maximum atomic E-state index is 10.7. The van der Waals surface area contributed by atoms with E-state index in [4.69, 9.17) is 13.9 Å². The van der Waals surface area contributed by atoms with E-state index in [0.717, 1.165) is 5.56 Å². The van der Waals surface area contributed by atoms with Gasteiger partial charge in [0.2, 0.25) is 0 Å². The molecule has 0 saturated carbocycles. The molecule has 0 amide bonds. The summed E-state index contributed by atoms with van der Waals surface area (Å²) in [5.41, 5.74) is 1.22. The van der Waals surface area contributed by atoms with Crippen molar-refractivity contribution in [1.82, 2.24) is 4.98 Å². The van der Waals surface area contributed by atoms with Gasteiger partial charge < -0.3 is 13.9 Å². The molecule has 0 N–H and O–H groups in total. The Balaban J connectivity index is 2.50. The molecule has 2 aromatic rings. The molecule has 0 spiro atoms. The van der Waals surface area contributed by atoms with Crippen LogP contribution < -0.4 is 9.47 Å². The van der Waals surface area contributed by atoms with E-state index >= 15 is 0 Å². The molecular weight excluding hydrogens is 222 g/mol. The van der Waals surface area contributed by atoms with Crippen molar-refractivity contribution in [3.8, 4) is 22.8 Å². The molecule has 0 bridgehead atoms. The summed E-state index contributed by atoms with van der Waals surface area (Å²) in [6.45, 7) is 0. The Morgan fingerprint density at radius 3 is 2.65 bits per heavy atom. The molecule has 2 rings (SSSR count). The van der Waals surface area contributed by atoms with Crippen molar-refractivity contribution in [2.24, 2.45) is 0 Å². The van der Waals surface area contributed by atoms with E-state index in [1.807, 2.05) is 0 Å². The molecular formula is C12H11NO4. The van der Waals surface area contributed by atoms with Crippen molar-refractivity contribution in [2.75, 3.05) is 14.2 Å². The zero-order valence-corrected chi connectivity index (χ0v) is 9.47. The highest BCUT2D eigenvalue weighted by Crippen LogP contribution is 2.32. The standard InChI is InChI=1S/C12H11NO4/c1-15-9-4-3-8(5-10(9)16-2)12-11(6-14)17-7-13-12/h3-7H,1-2H3. The maximum Gasteiger partial charge on any atom is 0.194 e. The van der Waals surface area contributed by atoms with E-state index in [9.17, 15) is 4.79 Å². The monoisotopic (exact) mass is 233 g/mol. The molecule has 1 aromatic heterocycles. The zero-order valence-electron chi connectivity index (χ0n) is 9.47.